The van der Waals surface area contributed by atoms with E-state index in [4.69, 9.17) is 21.5 Å². The average molecular weight is 732 g/mol. The van der Waals surface area contributed by atoms with Gasteiger partial charge in [0.05, 0.1) is 17.6 Å². The lowest BCUT2D eigenvalue weighted by molar-refractivity contribution is 0.660. The summed E-state index contributed by atoms with van der Waals surface area (Å²) >= 11 is 0. The van der Waals surface area contributed by atoms with Crippen molar-refractivity contribution in [2.45, 2.75) is 38.5 Å². The summed E-state index contributed by atoms with van der Waals surface area (Å²) in [5.74, 6) is 1.87. The monoisotopic (exact) mass is 731 g/mol. The highest BCUT2D eigenvalue weighted by molar-refractivity contribution is 6.11. The highest BCUT2D eigenvalue weighted by Crippen LogP contribution is 2.51. The van der Waals surface area contributed by atoms with Crippen LogP contribution in [0.25, 0.3) is 88.8 Å². The number of hydrogen-bond acceptors (Lipinski definition) is 3. The average Bonchev–Trinajstić information content (AvgIpc) is 3.79. The molecule has 0 fully saturated rings. The Hall–Kier alpha value is -7.16. The third kappa shape index (κ3) is 4.84. The first-order valence-corrected chi connectivity index (χ1v) is 19.5. The number of nitrogens with zero attached hydrogens (tertiary/aromatic N) is 5. The number of hydrogen-bond donors (Lipinski definition) is 0. The second-order valence-electron chi connectivity index (χ2n) is 16.4. The van der Waals surface area contributed by atoms with E-state index in [9.17, 15) is 0 Å². The van der Waals surface area contributed by atoms with Crippen LogP contribution in [-0.4, -0.2) is 19.5 Å². The van der Waals surface area contributed by atoms with Gasteiger partial charge in [-0.3, -0.25) is 0 Å². The molecule has 11 rings (SSSR count). The van der Waals surface area contributed by atoms with Crippen LogP contribution in [-0.2, 0) is 10.8 Å². The molecular formula is C52H37N5. The summed E-state index contributed by atoms with van der Waals surface area (Å²) in [6, 6.07) is 53.5. The second-order valence-corrected chi connectivity index (χ2v) is 16.4. The van der Waals surface area contributed by atoms with Gasteiger partial charge in [0, 0.05) is 38.6 Å². The van der Waals surface area contributed by atoms with Crippen LogP contribution in [0.15, 0.2) is 152 Å². The lowest BCUT2D eigenvalue weighted by Crippen LogP contribution is -2.15. The number of benzene rings is 7. The minimum Gasteiger partial charge on any atom is -0.309 e. The molecule has 57 heavy (non-hydrogen) atoms. The minimum absolute atomic E-state index is 0.163. The predicted molar refractivity (Wildman–Crippen MR) is 232 cm³/mol. The van der Waals surface area contributed by atoms with Gasteiger partial charge in [-0.05, 0) is 104 Å². The fourth-order valence-electron chi connectivity index (χ4n) is 9.53. The predicted octanol–water partition coefficient (Wildman–Crippen LogP) is 13.1. The topological polar surface area (TPSA) is 48.0 Å². The van der Waals surface area contributed by atoms with Crippen LogP contribution in [0.4, 0.5) is 5.69 Å². The van der Waals surface area contributed by atoms with Gasteiger partial charge in [0.15, 0.2) is 23.2 Å². The fourth-order valence-corrected chi connectivity index (χ4v) is 9.53. The van der Waals surface area contributed by atoms with Gasteiger partial charge in [-0.2, -0.15) is 0 Å². The van der Waals surface area contributed by atoms with Crippen LogP contribution in [0.5, 0.6) is 0 Å². The van der Waals surface area contributed by atoms with Gasteiger partial charge in [0.2, 0.25) is 0 Å². The standard InChI is InChI=1S/C52H37N5/c1-51(2)42-17-11-9-15-36(42)38-23-19-32(28-44(38)51)49-54-48(55-50(56-49)33-20-24-39-37-16-10-12-18-43(37)52(3,4)45(39)29-33)31-21-25-46-40(27-31)41-30-34(53-5)22-26-47(41)57(46)35-13-7-6-8-14-35/h6-30H,1-4H3. The van der Waals surface area contributed by atoms with Crippen LogP contribution in [0.1, 0.15) is 49.9 Å². The molecule has 0 atom stereocenters. The summed E-state index contributed by atoms with van der Waals surface area (Å²) in [5, 5.41) is 2.05. The van der Waals surface area contributed by atoms with Crippen molar-refractivity contribution in [1.82, 2.24) is 19.5 Å². The van der Waals surface area contributed by atoms with Crippen molar-refractivity contribution in [2.24, 2.45) is 0 Å². The molecule has 5 heteroatoms. The highest BCUT2D eigenvalue weighted by Gasteiger charge is 2.37. The number of fused-ring (bicyclic) bond motifs is 9. The molecule has 0 N–H and O–H groups in total. The molecule has 270 valence electrons. The normalized spacial score (nSPS) is 14.2. The molecule has 0 saturated heterocycles. The Balaban J connectivity index is 1.13. The lowest BCUT2D eigenvalue weighted by Gasteiger charge is -2.22. The van der Waals surface area contributed by atoms with Crippen LogP contribution in [0.3, 0.4) is 0 Å². The van der Waals surface area contributed by atoms with Crippen molar-refractivity contribution in [3.63, 3.8) is 0 Å². The van der Waals surface area contributed by atoms with Crippen molar-refractivity contribution in [1.29, 1.82) is 0 Å². The Morgan fingerprint density at radius 2 is 0.877 bits per heavy atom. The SMILES string of the molecule is [C-]#[N+]c1ccc2c(c1)c1cc(-c3nc(-c4ccc5c(c4)C(C)(C)c4ccccc4-5)nc(-c4ccc5c(c4)C(C)(C)c4ccccc4-5)n3)ccc1n2-c1ccccc1. The molecule has 0 aliphatic heterocycles. The van der Waals surface area contributed by atoms with E-state index in [1.165, 1.54) is 44.5 Å². The third-order valence-corrected chi connectivity index (χ3v) is 12.5. The zero-order valence-corrected chi connectivity index (χ0v) is 32.2. The van der Waals surface area contributed by atoms with Crippen molar-refractivity contribution in [3.05, 3.63) is 185 Å². The first-order chi connectivity index (χ1) is 27.7. The quantitative estimate of drug-likeness (QED) is 0.169. The van der Waals surface area contributed by atoms with E-state index in [2.05, 4.69) is 171 Å². The van der Waals surface area contributed by atoms with Crippen LogP contribution in [0, 0.1) is 6.57 Å². The molecule has 2 aromatic heterocycles. The van der Waals surface area contributed by atoms with E-state index >= 15 is 0 Å². The van der Waals surface area contributed by atoms with E-state index < -0.39 is 0 Å². The second kappa shape index (κ2) is 11.9. The van der Waals surface area contributed by atoms with Gasteiger partial charge < -0.3 is 4.57 Å². The Morgan fingerprint density at radius 3 is 1.42 bits per heavy atom. The molecule has 0 bridgehead atoms. The minimum atomic E-state index is -0.163. The molecule has 0 unspecified atom stereocenters. The molecule has 9 aromatic rings. The van der Waals surface area contributed by atoms with Crippen molar-refractivity contribution < 1.29 is 0 Å². The number of rotatable bonds is 4. The molecule has 0 amide bonds. The van der Waals surface area contributed by atoms with E-state index in [-0.39, 0.29) is 10.8 Å². The fraction of sp³-hybridized carbons (Fsp3) is 0.115. The van der Waals surface area contributed by atoms with Gasteiger partial charge >= 0.3 is 0 Å². The van der Waals surface area contributed by atoms with Crippen molar-refractivity contribution >= 4 is 27.5 Å². The zero-order chi connectivity index (χ0) is 38.6. The Kier molecular flexibility index (Phi) is 6.94. The van der Waals surface area contributed by atoms with E-state index in [1.807, 2.05) is 18.2 Å². The van der Waals surface area contributed by atoms with Gasteiger partial charge in [0.1, 0.15) is 0 Å². The van der Waals surface area contributed by atoms with Crippen LogP contribution in [0.2, 0.25) is 0 Å². The lowest BCUT2D eigenvalue weighted by atomic mass is 9.82. The van der Waals surface area contributed by atoms with Crippen molar-refractivity contribution in [3.8, 4) is 62.1 Å². The van der Waals surface area contributed by atoms with E-state index in [0.717, 1.165) is 44.2 Å². The molecule has 5 nitrogen and oxygen atoms in total. The van der Waals surface area contributed by atoms with Crippen LogP contribution >= 0.6 is 0 Å². The Bertz CT molecular complexity index is 3070. The highest BCUT2D eigenvalue weighted by atomic mass is 15.0. The molecule has 2 aliphatic carbocycles. The number of para-hydroxylation sites is 1. The molecule has 0 spiro atoms. The number of aromatic nitrogens is 4. The first kappa shape index (κ1) is 33.2. The zero-order valence-electron chi connectivity index (χ0n) is 32.2. The van der Waals surface area contributed by atoms with Gasteiger partial charge in [-0.25, -0.2) is 19.8 Å². The summed E-state index contributed by atoms with van der Waals surface area (Å²) < 4.78 is 2.26. The third-order valence-electron chi connectivity index (χ3n) is 12.5. The molecule has 2 heterocycles. The maximum absolute atomic E-state index is 7.79. The Morgan fingerprint density at radius 1 is 0.439 bits per heavy atom. The molecule has 7 aromatic carbocycles. The van der Waals surface area contributed by atoms with Gasteiger partial charge in [-0.1, -0.05) is 125 Å². The first-order valence-electron chi connectivity index (χ1n) is 19.5. The van der Waals surface area contributed by atoms with E-state index in [1.54, 1.807) is 0 Å². The van der Waals surface area contributed by atoms with Crippen LogP contribution < -0.4 is 0 Å². The molecular weight excluding hydrogens is 695 g/mol. The van der Waals surface area contributed by atoms with E-state index in [0.29, 0.717) is 23.2 Å². The summed E-state index contributed by atoms with van der Waals surface area (Å²) in [5.41, 5.74) is 16.5. The molecule has 0 saturated carbocycles. The summed E-state index contributed by atoms with van der Waals surface area (Å²) in [6.45, 7) is 17.0. The summed E-state index contributed by atoms with van der Waals surface area (Å²) in [6.07, 6.45) is 0. The molecule has 2 aliphatic rings. The smallest absolute Gasteiger partial charge is 0.188 e. The largest absolute Gasteiger partial charge is 0.309 e. The maximum atomic E-state index is 7.79. The van der Waals surface area contributed by atoms with Gasteiger partial charge in [0.25, 0.3) is 0 Å². The summed E-state index contributed by atoms with van der Waals surface area (Å²) in [4.78, 5) is 19.6. The van der Waals surface area contributed by atoms with Gasteiger partial charge in [-0.15, -0.1) is 0 Å². The molecule has 0 radical (unpaired) electrons. The Labute approximate surface area is 331 Å². The summed E-state index contributed by atoms with van der Waals surface area (Å²) in [7, 11) is 0. The van der Waals surface area contributed by atoms with Crippen molar-refractivity contribution in [2.75, 3.05) is 0 Å². The maximum Gasteiger partial charge on any atom is 0.188 e.